The number of hydrogen-bond acceptors (Lipinski definition) is 7. The highest BCUT2D eigenvalue weighted by Crippen LogP contribution is 2.31. The summed E-state index contributed by atoms with van der Waals surface area (Å²) in [6.07, 6.45) is 0. The first-order chi connectivity index (χ1) is 11.9. The van der Waals surface area contributed by atoms with Crippen LogP contribution in [0.4, 0.5) is 0 Å². The van der Waals surface area contributed by atoms with Gasteiger partial charge in [0, 0.05) is 0 Å². The Morgan fingerprint density at radius 1 is 0.214 bits per heavy atom. The zero-order chi connectivity index (χ0) is 22.4. The monoisotopic (exact) mass is 518 g/mol. The van der Waals surface area contributed by atoms with E-state index >= 15 is 0 Å². The molecule has 0 bridgehead atoms. The van der Waals surface area contributed by atoms with Gasteiger partial charge >= 0.3 is 59.9 Å². The van der Waals surface area contributed by atoms with E-state index in [1.807, 2.05) is 0 Å². The lowest BCUT2D eigenvalue weighted by molar-refractivity contribution is 0.236. The molecule has 0 N–H and O–H groups in total. The maximum Gasteiger partial charge on any atom is 0.314 e. The highest BCUT2D eigenvalue weighted by Gasteiger charge is 2.51. The van der Waals surface area contributed by atoms with Gasteiger partial charge in [-0.25, -0.2) is 0 Å². The molecule has 168 valence electrons. The molecule has 0 aromatic rings. The molecule has 2 aliphatic rings. The summed E-state index contributed by atoms with van der Waals surface area (Å²) in [7, 11) is -14.0. The fraction of sp³-hybridized carbons (Fsp3) is 1.00. The van der Waals surface area contributed by atoms with Crippen LogP contribution in [-0.2, 0) is 28.8 Å². The molecule has 7 nitrogen and oxygen atoms in total. The SMILES string of the molecule is C[Si]1(C)O[Si](C)(C)O[Si](C)(C)O1.C[Si]1(C)O[Si](C)(C)O[Si](C)(C)O[Si](C)(C)O1. The van der Waals surface area contributed by atoms with E-state index in [9.17, 15) is 0 Å². The Hall–Kier alpha value is 1.24. The second kappa shape index (κ2) is 8.30. The molecule has 0 aromatic carbocycles. The summed E-state index contributed by atoms with van der Waals surface area (Å²) in [4.78, 5) is 0. The second-order valence-electron chi connectivity index (χ2n) is 10.5. The molecule has 2 saturated heterocycles. The van der Waals surface area contributed by atoms with Crippen LogP contribution in [0.15, 0.2) is 0 Å². The van der Waals surface area contributed by atoms with Crippen LogP contribution in [0, 0.1) is 0 Å². The van der Waals surface area contributed by atoms with E-state index in [0.717, 1.165) is 0 Å². The molecule has 0 aromatic heterocycles. The Labute approximate surface area is 180 Å². The molecule has 0 radical (unpaired) electrons. The van der Waals surface area contributed by atoms with E-state index in [-0.39, 0.29) is 0 Å². The predicted octanol–water partition coefficient (Wildman–Crippen LogP) is 5.03. The number of hydrogen-bond donors (Lipinski definition) is 0. The Kier molecular flexibility index (Phi) is 8.09. The van der Waals surface area contributed by atoms with Crippen molar-refractivity contribution in [2.24, 2.45) is 0 Å². The van der Waals surface area contributed by atoms with Crippen molar-refractivity contribution in [2.45, 2.75) is 91.7 Å². The van der Waals surface area contributed by atoms with Gasteiger partial charge < -0.3 is 28.8 Å². The summed E-state index contributed by atoms with van der Waals surface area (Å²) < 4.78 is 42.2. The Morgan fingerprint density at radius 3 is 0.357 bits per heavy atom. The van der Waals surface area contributed by atoms with Crippen molar-refractivity contribution in [3.05, 3.63) is 0 Å². The predicted molar refractivity (Wildman–Crippen MR) is 130 cm³/mol. The fourth-order valence-electron chi connectivity index (χ4n) is 4.29. The van der Waals surface area contributed by atoms with Gasteiger partial charge in [-0.1, -0.05) is 0 Å². The third-order valence-electron chi connectivity index (χ3n) is 3.44. The van der Waals surface area contributed by atoms with Crippen molar-refractivity contribution in [3.8, 4) is 0 Å². The van der Waals surface area contributed by atoms with Crippen molar-refractivity contribution in [1.82, 2.24) is 0 Å². The van der Waals surface area contributed by atoms with E-state index < -0.39 is 59.9 Å². The topological polar surface area (TPSA) is 64.6 Å². The molecule has 0 amide bonds. The van der Waals surface area contributed by atoms with Gasteiger partial charge in [0.15, 0.2) is 0 Å². The van der Waals surface area contributed by atoms with Crippen LogP contribution in [0.1, 0.15) is 0 Å². The van der Waals surface area contributed by atoms with Crippen molar-refractivity contribution in [3.63, 3.8) is 0 Å². The van der Waals surface area contributed by atoms with Crippen LogP contribution < -0.4 is 0 Å². The third kappa shape index (κ3) is 10.0. The zero-order valence-electron chi connectivity index (χ0n) is 20.4. The Bertz CT molecular complexity index is 447. The smallest absolute Gasteiger partial charge is 0.314 e. The Morgan fingerprint density at radius 2 is 0.286 bits per heavy atom. The quantitative estimate of drug-likeness (QED) is 0.417. The molecule has 0 aliphatic carbocycles. The summed E-state index contributed by atoms with van der Waals surface area (Å²) in [5.74, 6) is 0. The van der Waals surface area contributed by atoms with Gasteiger partial charge in [0.2, 0.25) is 0 Å². The second-order valence-corrected chi connectivity index (χ2v) is 35.8. The van der Waals surface area contributed by atoms with Crippen LogP contribution in [0.5, 0.6) is 0 Å². The zero-order valence-corrected chi connectivity index (χ0v) is 27.4. The standard InChI is InChI=1S/C8H24O4Si4.C6H18O3Si3/c1-13(2)9-14(3,4)11-16(7,8)12-15(5,6)10-13;1-10(2)7-11(3,4)9-12(5,6)8-10/h1-8H3;1-6H3. The summed E-state index contributed by atoms with van der Waals surface area (Å²) in [6, 6.07) is 0. The summed E-state index contributed by atoms with van der Waals surface area (Å²) in [5.41, 5.74) is 0. The minimum Gasteiger partial charge on any atom is -0.416 e. The first kappa shape index (κ1) is 27.3. The molecule has 0 saturated carbocycles. The van der Waals surface area contributed by atoms with E-state index in [1.54, 1.807) is 0 Å². The van der Waals surface area contributed by atoms with Gasteiger partial charge in [0.05, 0.1) is 0 Å². The molecule has 2 rings (SSSR count). The minimum atomic E-state index is -2.11. The van der Waals surface area contributed by atoms with Gasteiger partial charge in [0.25, 0.3) is 0 Å². The van der Waals surface area contributed by atoms with E-state index in [2.05, 4.69) is 91.7 Å². The van der Waals surface area contributed by atoms with Crippen molar-refractivity contribution in [2.75, 3.05) is 0 Å². The summed E-state index contributed by atoms with van der Waals surface area (Å²) in [5, 5.41) is 0. The molecule has 2 fully saturated rings. The lowest BCUT2D eigenvalue weighted by Gasteiger charge is -2.46. The van der Waals surface area contributed by atoms with Crippen LogP contribution in [0.3, 0.4) is 0 Å². The van der Waals surface area contributed by atoms with Gasteiger partial charge in [-0.05, 0) is 91.7 Å². The molecule has 2 heterocycles. The Balaban J connectivity index is 0.000000292. The van der Waals surface area contributed by atoms with Crippen molar-refractivity contribution >= 4 is 59.9 Å². The average molecular weight is 519 g/mol. The van der Waals surface area contributed by atoms with E-state index in [4.69, 9.17) is 28.8 Å². The van der Waals surface area contributed by atoms with Crippen molar-refractivity contribution in [1.29, 1.82) is 0 Å². The average Bonchev–Trinajstić information content (AvgIpc) is 2.10. The first-order valence-electron chi connectivity index (χ1n) is 9.86. The van der Waals surface area contributed by atoms with Gasteiger partial charge in [-0.2, -0.15) is 0 Å². The van der Waals surface area contributed by atoms with Crippen LogP contribution in [0.25, 0.3) is 0 Å². The van der Waals surface area contributed by atoms with Crippen LogP contribution in [0.2, 0.25) is 91.7 Å². The fourth-order valence-corrected chi connectivity index (χ4v) is 41.2. The van der Waals surface area contributed by atoms with Gasteiger partial charge in [-0.15, -0.1) is 0 Å². The maximum atomic E-state index is 6.16. The largest absolute Gasteiger partial charge is 0.416 e. The maximum absolute atomic E-state index is 6.16. The van der Waals surface area contributed by atoms with Crippen molar-refractivity contribution < 1.29 is 28.8 Å². The summed E-state index contributed by atoms with van der Waals surface area (Å²) in [6.45, 7) is 29.2. The third-order valence-corrected chi connectivity index (χ3v) is 31.0. The van der Waals surface area contributed by atoms with Crippen LogP contribution in [-0.4, -0.2) is 59.9 Å². The molecule has 28 heavy (non-hydrogen) atoms. The first-order valence-corrected chi connectivity index (χ1v) is 29.6. The highest BCUT2D eigenvalue weighted by atomic mass is 28.5. The molecule has 0 unspecified atom stereocenters. The lowest BCUT2D eigenvalue weighted by atomic mass is 11.9. The van der Waals surface area contributed by atoms with E-state index in [1.165, 1.54) is 0 Å². The number of rotatable bonds is 0. The van der Waals surface area contributed by atoms with Crippen LogP contribution >= 0.6 is 0 Å². The molecule has 0 atom stereocenters. The molecule has 14 heteroatoms. The lowest BCUT2D eigenvalue weighted by Crippen LogP contribution is -2.64. The normalized spacial score (nSPS) is 31.5. The van der Waals surface area contributed by atoms with Gasteiger partial charge in [-0.3, -0.25) is 0 Å². The molecule has 0 spiro atoms. The molecular formula is C14H42O7Si7. The molecule has 2 aliphatic heterocycles. The van der Waals surface area contributed by atoms with Gasteiger partial charge in [0.1, 0.15) is 0 Å². The van der Waals surface area contributed by atoms with E-state index in [0.29, 0.717) is 0 Å². The summed E-state index contributed by atoms with van der Waals surface area (Å²) >= 11 is 0. The highest BCUT2D eigenvalue weighted by molar-refractivity contribution is 6.93. The minimum absolute atomic E-state index is 1.86. The molecular weight excluding hydrogens is 477 g/mol.